The van der Waals surface area contributed by atoms with Crippen LogP contribution in [0.25, 0.3) is 0 Å². The molecule has 8 heteroatoms. The second-order valence-corrected chi connectivity index (χ2v) is 11.1. The highest BCUT2D eigenvalue weighted by Gasteiger charge is 2.43. The van der Waals surface area contributed by atoms with Gasteiger partial charge in [-0.05, 0) is 58.8 Å². The van der Waals surface area contributed by atoms with Crippen molar-refractivity contribution >= 4 is 32.2 Å². The first-order valence-corrected chi connectivity index (χ1v) is 11.9. The van der Waals surface area contributed by atoms with E-state index in [0.29, 0.717) is 5.13 Å². The molecule has 1 aliphatic heterocycles. The first kappa shape index (κ1) is 21.0. The molecule has 1 amide bonds. The Hall–Kier alpha value is -1.77. The van der Waals surface area contributed by atoms with Crippen LogP contribution in [0.3, 0.4) is 0 Å². The maximum absolute atomic E-state index is 13.0. The monoisotopic (exact) mass is 421 g/mol. The number of thiazole rings is 1. The number of hydrogen-bond acceptors (Lipinski definition) is 6. The molecule has 0 radical (unpaired) electrons. The molecule has 152 valence electrons. The van der Waals surface area contributed by atoms with Gasteiger partial charge >= 0.3 is 0 Å². The van der Waals surface area contributed by atoms with Crippen molar-refractivity contribution in [1.82, 2.24) is 9.88 Å². The Balaban J connectivity index is 1.70. The highest BCUT2D eigenvalue weighted by molar-refractivity contribution is 7.93. The van der Waals surface area contributed by atoms with Crippen molar-refractivity contribution in [1.29, 1.82) is 0 Å². The van der Waals surface area contributed by atoms with Crippen molar-refractivity contribution in [2.45, 2.75) is 56.2 Å². The average Bonchev–Trinajstić information content (AvgIpc) is 3.09. The molecule has 1 saturated heterocycles. The Morgan fingerprint density at radius 2 is 1.82 bits per heavy atom. The molecule has 1 aliphatic rings. The zero-order valence-electron chi connectivity index (χ0n) is 16.6. The second-order valence-electron chi connectivity index (χ2n) is 7.76. The van der Waals surface area contributed by atoms with E-state index < -0.39 is 20.5 Å². The van der Waals surface area contributed by atoms with E-state index >= 15 is 0 Å². The number of rotatable bonds is 6. The second kappa shape index (κ2) is 8.31. The number of likely N-dealkylation sites (tertiary alicyclic amines) is 1. The molecule has 0 atom stereocenters. The van der Waals surface area contributed by atoms with Gasteiger partial charge in [-0.2, -0.15) is 0 Å². The molecule has 28 heavy (non-hydrogen) atoms. The van der Waals surface area contributed by atoms with Crippen molar-refractivity contribution in [2.75, 3.05) is 18.4 Å². The predicted molar refractivity (Wildman–Crippen MR) is 112 cm³/mol. The Morgan fingerprint density at radius 3 is 2.46 bits per heavy atom. The lowest BCUT2D eigenvalue weighted by atomic mass is 10.1. The van der Waals surface area contributed by atoms with Gasteiger partial charge in [0.1, 0.15) is 4.75 Å². The summed E-state index contributed by atoms with van der Waals surface area (Å²) in [5, 5.41) is 5.05. The molecule has 1 aromatic heterocycles. The summed E-state index contributed by atoms with van der Waals surface area (Å²) in [7, 11) is -3.83. The van der Waals surface area contributed by atoms with Crippen molar-refractivity contribution in [3.8, 4) is 0 Å². The molecule has 1 N–H and O–H groups in total. The van der Waals surface area contributed by atoms with Crippen molar-refractivity contribution in [2.24, 2.45) is 0 Å². The number of anilines is 1. The first-order valence-electron chi connectivity index (χ1n) is 9.50. The summed E-state index contributed by atoms with van der Waals surface area (Å²) in [6.45, 7) is 7.65. The number of nitrogens with one attached hydrogen (secondary N) is 1. The maximum atomic E-state index is 13.0. The third-order valence-corrected chi connectivity index (χ3v) is 8.38. The summed E-state index contributed by atoms with van der Waals surface area (Å²) in [6, 6.07) is 6.54. The van der Waals surface area contributed by atoms with E-state index in [1.807, 2.05) is 12.3 Å². The number of carbonyl (C=O) groups excluding carboxylic acids is 1. The molecule has 0 spiro atoms. The fourth-order valence-corrected chi connectivity index (χ4v) is 5.24. The van der Waals surface area contributed by atoms with Gasteiger partial charge in [-0.1, -0.05) is 24.1 Å². The Morgan fingerprint density at radius 1 is 1.18 bits per heavy atom. The number of hydrogen-bond donors (Lipinski definition) is 1. The number of amides is 1. The van der Waals surface area contributed by atoms with Gasteiger partial charge in [0.05, 0.1) is 10.6 Å². The van der Waals surface area contributed by atoms with Crippen LogP contribution in [0.15, 0.2) is 34.5 Å². The first-order chi connectivity index (χ1) is 13.2. The van der Waals surface area contributed by atoms with Gasteiger partial charge in [-0.3, -0.25) is 9.69 Å². The Kier molecular flexibility index (Phi) is 6.21. The van der Waals surface area contributed by atoms with Crippen LogP contribution < -0.4 is 5.32 Å². The van der Waals surface area contributed by atoms with Gasteiger partial charge in [0.2, 0.25) is 5.91 Å². The summed E-state index contributed by atoms with van der Waals surface area (Å²) in [4.78, 5) is 19.8. The summed E-state index contributed by atoms with van der Waals surface area (Å²) in [5.41, 5.74) is 1.87. The average molecular weight is 422 g/mol. The normalized spacial score (nSPS) is 16.1. The zero-order valence-corrected chi connectivity index (χ0v) is 18.2. The van der Waals surface area contributed by atoms with E-state index in [0.717, 1.165) is 30.9 Å². The number of piperidine rings is 1. The van der Waals surface area contributed by atoms with Crippen LogP contribution >= 0.6 is 11.3 Å². The SMILES string of the molecule is Cc1ccc(S(=O)(=O)C(C)(C)C(=O)Nc2nc(CN3CCCCC3)cs2)cc1. The van der Waals surface area contributed by atoms with Crippen LogP contribution in [0.1, 0.15) is 44.4 Å². The van der Waals surface area contributed by atoms with Crippen molar-refractivity contribution in [3.05, 3.63) is 40.9 Å². The molecular weight excluding hydrogens is 394 g/mol. The van der Waals surface area contributed by atoms with E-state index in [-0.39, 0.29) is 4.90 Å². The number of sulfone groups is 1. The van der Waals surface area contributed by atoms with E-state index in [2.05, 4.69) is 15.2 Å². The summed E-state index contributed by atoms with van der Waals surface area (Å²) >= 11 is 1.33. The highest BCUT2D eigenvalue weighted by atomic mass is 32.2. The predicted octanol–water partition coefficient (Wildman–Crippen LogP) is 3.63. The maximum Gasteiger partial charge on any atom is 0.247 e. The quantitative estimate of drug-likeness (QED) is 0.770. The zero-order chi connectivity index (χ0) is 20.4. The largest absolute Gasteiger partial charge is 0.301 e. The van der Waals surface area contributed by atoms with E-state index in [1.54, 1.807) is 24.3 Å². The lowest BCUT2D eigenvalue weighted by Gasteiger charge is -2.25. The molecule has 2 aromatic rings. The number of aryl methyl sites for hydroxylation is 1. The third kappa shape index (κ3) is 4.45. The minimum absolute atomic E-state index is 0.142. The number of nitrogens with zero attached hydrogens (tertiary/aromatic N) is 2. The van der Waals surface area contributed by atoms with Crippen LogP contribution in [-0.2, 0) is 21.2 Å². The minimum atomic E-state index is -3.83. The number of aromatic nitrogens is 1. The molecule has 0 aliphatic carbocycles. The Bertz CT molecular complexity index is 928. The Labute approximate surface area is 170 Å². The van der Waals surface area contributed by atoms with Gasteiger partial charge in [-0.25, -0.2) is 13.4 Å². The third-order valence-electron chi connectivity index (χ3n) is 5.16. The molecule has 2 heterocycles. The van der Waals surface area contributed by atoms with E-state index in [9.17, 15) is 13.2 Å². The van der Waals surface area contributed by atoms with Gasteiger partial charge in [0.15, 0.2) is 15.0 Å². The van der Waals surface area contributed by atoms with Gasteiger partial charge < -0.3 is 5.32 Å². The van der Waals surface area contributed by atoms with E-state index in [4.69, 9.17) is 0 Å². The fourth-order valence-electron chi connectivity index (χ4n) is 3.17. The molecule has 6 nitrogen and oxygen atoms in total. The molecule has 0 bridgehead atoms. The van der Waals surface area contributed by atoms with Crippen molar-refractivity contribution in [3.63, 3.8) is 0 Å². The smallest absolute Gasteiger partial charge is 0.247 e. The topological polar surface area (TPSA) is 79.4 Å². The van der Waals surface area contributed by atoms with Crippen LogP contribution in [0.4, 0.5) is 5.13 Å². The molecule has 1 aromatic carbocycles. The molecule has 3 rings (SSSR count). The summed E-state index contributed by atoms with van der Waals surface area (Å²) in [6.07, 6.45) is 3.69. The van der Waals surface area contributed by atoms with Crippen molar-refractivity contribution < 1.29 is 13.2 Å². The minimum Gasteiger partial charge on any atom is -0.301 e. The molecular formula is C20H27N3O3S2. The standard InChI is InChI=1S/C20H27N3O3S2/c1-15-7-9-17(10-8-15)28(25,26)20(2,3)18(24)22-19-21-16(14-27-19)13-23-11-5-4-6-12-23/h7-10,14H,4-6,11-13H2,1-3H3,(H,21,22,24). The van der Waals surface area contributed by atoms with E-state index in [1.165, 1.54) is 44.4 Å². The van der Waals surface area contributed by atoms with Crippen LogP contribution in [0.2, 0.25) is 0 Å². The van der Waals surface area contributed by atoms with Crippen LogP contribution in [0, 0.1) is 6.92 Å². The van der Waals surface area contributed by atoms with Gasteiger partial charge in [0, 0.05) is 11.9 Å². The summed E-state index contributed by atoms with van der Waals surface area (Å²) in [5.74, 6) is -0.577. The number of carbonyl (C=O) groups is 1. The number of benzene rings is 1. The molecule has 0 saturated carbocycles. The fraction of sp³-hybridized carbons (Fsp3) is 0.500. The highest BCUT2D eigenvalue weighted by Crippen LogP contribution is 2.28. The van der Waals surface area contributed by atoms with Crippen LogP contribution in [-0.4, -0.2) is 42.0 Å². The van der Waals surface area contributed by atoms with Gasteiger partial charge in [-0.15, -0.1) is 11.3 Å². The van der Waals surface area contributed by atoms with Gasteiger partial charge in [0.25, 0.3) is 0 Å². The van der Waals surface area contributed by atoms with Crippen LogP contribution in [0.5, 0.6) is 0 Å². The molecule has 0 unspecified atom stereocenters. The summed E-state index contributed by atoms with van der Waals surface area (Å²) < 4.78 is 24.4. The lowest BCUT2D eigenvalue weighted by molar-refractivity contribution is -0.117. The molecule has 1 fully saturated rings. The lowest BCUT2D eigenvalue weighted by Crippen LogP contribution is -2.44.